The van der Waals surface area contributed by atoms with Crippen LogP contribution in [-0.4, -0.2) is 4.98 Å². The number of aromatic nitrogens is 1. The molecule has 0 atom stereocenters. The van der Waals surface area contributed by atoms with Crippen molar-refractivity contribution in [2.45, 2.75) is 0 Å². The molecule has 1 aromatic heterocycles. The van der Waals surface area contributed by atoms with Gasteiger partial charge in [0.2, 0.25) is 0 Å². The number of rotatable bonds is 1. The summed E-state index contributed by atoms with van der Waals surface area (Å²) >= 11 is 0. The molecule has 1 nitrogen and oxygen atoms in total. The van der Waals surface area contributed by atoms with Crippen LogP contribution in [0.4, 0.5) is 0 Å². The van der Waals surface area contributed by atoms with E-state index >= 15 is 0 Å². The summed E-state index contributed by atoms with van der Waals surface area (Å²) in [6.07, 6.45) is 1.85. The van der Waals surface area contributed by atoms with Crippen LogP contribution in [0.1, 0.15) is 0 Å². The second kappa shape index (κ2) is 4.28. The van der Waals surface area contributed by atoms with Crippen molar-refractivity contribution < 1.29 is 0 Å². The standard InChI is InChI=1S/C21H13N/c1-2-13-22-19(6-1)17-11-9-16-8-7-14-4-3-5-15-10-12-18(17)21(16)20(14)15/h1-13H. The molecule has 0 aliphatic carbocycles. The maximum absolute atomic E-state index is 4.53. The van der Waals surface area contributed by atoms with Crippen molar-refractivity contribution in [3.8, 4) is 11.3 Å². The van der Waals surface area contributed by atoms with Crippen LogP contribution in [0.15, 0.2) is 79.0 Å². The van der Waals surface area contributed by atoms with Crippen LogP contribution in [0.2, 0.25) is 0 Å². The topological polar surface area (TPSA) is 12.9 Å². The Morgan fingerprint density at radius 2 is 1.27 bits per heavy atom. The van der Waals surface area contributed by atoms with Crippen LogP contribution < -0.4 is 0 Å². The molecule has 102 valence electrons. The number of benzene rings is 4. The summed E-state index contributed by atoms with van der Waals surface area (Å²) in [4.78, 5) is 4.53. The third-order valence-corrected chi connectivity index (χ3v) is 4.47. The van der Waals surface area contributed by atoms with E-state index in [1.807, 2.05) is 18.3 Å². The van der Waals surface area contributed by atoms with Gasteiger partial charge >= 0.3 is 0 Å². The normalized spacial score (nSPS) is 11.6. The second-order valence-electron chi connectivity index (χ2n) is 5.68. The van der Waals surface area contributed by atoms with Gasteiger partial charge in [-0.25, -0.2) is 0 Å². The zero-order chi connectivity index (χ0) is 14.5. The summed E-state index contributed by atoms with van der Waals surface area (Å²) in [7, 11) is 0. The first-order chi connectivity index (χ1) is 10.9. The number of pyridine rings is 1. The molecule has 4 aromatic carbocycles. The van der Waals surface area contributed by atoms with Gasteiger partial charge in [0, 0.05) is 11.8 Å². The van der Waals surface area contributed by atoms with E-state index in [4.69, 9.17) is 0 Å². The van der Waals surface area contributed by atoms with E-state index in [-0.39, 0.29) is 0 Å². The van der Waals surface area contributed by atoms with Crippen molar-refractivity contribution in [3.05, 3.63) is 79.0 Å². The van der Waals surface area contributed by atoms with Crippen molar-refractivity contribution in [2.75, 3.05) is 0 Å². The predicted octanol–water partition coefficient (Wildman–Crippen LogP) is 5.65. The molecular weight excluding hydrogens is 266 g/mol. The first-order valence-electron chi connectivity index (χ1n) is 7.50. The lowest BCUT2D eigenvalue weighted by Gasteiger charge is -2.13. The fourth-order valence-corrected chi connectivity index (χ4v) is 3.48. The average molecular weight is 279 g/mol. The van der Waals surface area contributed by atoms with Gasteiger partial charge in [0.25, 0.3) is 0 Å². The van der Waals surface area contributed by atoms with Gasteiger partial charge in [-0.2, -0.15) is 0 Å². The molecule has 5 aromatic rings. The summed E-state index contributed by atoms with van der Waals surface area (Å²) in [5.41, 5.74) is 2.23. The monoisotopic (exact) mass is 279 g/mol. The van der Waals surface area contributed by atoms with Crippen LogP contribution in [0.25, 0.3) is 43.6 Å². The Balaban J connectivity index is 2.02. The zero-order valence-corrected chi connectivity index (χ0v) is 12.0. The van der Waals surface area contributed by atoms with Crippen LogP contribution >= 0.6 is 0 Å². The van der Waals surface area contributed by atoms with Crippen molar-refractivity contribution in [3.63, 3.8) is 0 Å². The SMILES string of the molecule is c1ccc(-c2ccc3ccc4cccc5ccc2c3c45)nc1. The Kier molecular flexibility index (Phi) is 2.28. The Hall–Kier alpha value is -2.93. The maximum atomic E-state index is 4.53. The van der Waals surface area contributed by atoms with Crippen molar-refractivity contribution in [1.82, 2.24) is 4.98 Å². The second-order valence-corrected chi connectivity index (χ2v) is 5.68. The first kappa shape index (κ1) is 11.7. The maximum Gasteiger partial charge on any atom is 0.0708 e. The third kappa shape index (κ3) is 1.51. The van der Waals surface area contributed by atoms with Crippen molar-refractivity contribution >= 4 is 32.3 Å². The van der Waals surface area contributed by atoms with Crippen LogP contribution in [-0.2, 0) is 0 Å². The minimum Gasteiger partial charge on any atom is -0.256 e. The lowest BCUT2D eigenvalue weighted by molar-refractivity contribution is 1.33. The number of nitrogens with zero attached hydrogens (tertiary/aromatic N) is 1. The van der Waals surface area contributed by atoms with Crippen LogP contribution in [0.3, 0.4) is 0 Å². The molecule has 22 heavy (non-hydrogen) atoms. The fourth-order valence-electron chi connectivity index (χ4n) is 3.48. The Labute approximate surface area is 128 Å². The van der Waals surface area contributed by atoms with Gasteiger partial charge < -0.3 is 0 Å². The molecule has 0 unspecified atom stereocenters. The minimum absolute atomic E-state index is 1.03. The molecule has 0 amide bonds. The zero-order valence-electron chi connectivity index (χ0n) is 12.0. The highest BCUT2D eigenvalue weighted by Gasteiger charge is 2.11. The summed E-state index contributed by atoms with van der Waals surface area (Å²) in [5, 5.41) is 7.87. The molecule has 0 N–H and O–H groups in total. The number of hydrogen-bond acceptors (Lipinski definition) is 1. The van der Waals surface area contributed by atoms with E-state index in [1.165, 1.54) is 37.9 Å². The molecule has 0 fully saturated rings. The van der Waals surface area contributed by atoms with Gasteiger partial charge in [-0.3, -0.25) is 4.98 Å². The molecule has 5 rings (SSSR count). The van der Waals surface area contributed by atoms with Crippen LogP contribution in [0.5, 0.6) is 0 Å². The molecule has 0 saturated heterocycles. The number of hydrogen-bond donors (Lipinski definition) is 0. The molecule has 1 heteroatoms. The molecule has 0 aliphatic rings. The lowest BCUT2D eigenvalue weighted by atomic mass is 9.91. The summed E-state index contributed by atoms with van der Waals surface area (Å²) in [6, 6.07) is 25.8. The molecule has 0 saturated carbocycles. The lowest BCUT2D eigenvalue weighted by Crippen LogP contribution is -1.88. The van der Waals surface area contributed by atoms with E-state index in [0.717, 1.165) is 5.69 Å². The highest BCUT2D eigenvalue weighted by Crippen LogP contribution is 2.38. The largest absolute Gasteiger partial charge is 0.256 e. The van der Waals surface area contributed by atoms with E-state index in [9.17, 15) is 0 Å². The average Bonchev–Trinajstić information content (AvgIpc) is 2.60. The first-order valence-corrected chi connectivity index (χ1v) is 7.50. The van der Waals surface area contributed by atoms with Gasteiger partial charge in [-0.05, 0) is 44.5 Å². The van der Waals surface area contributed by atoms with Crippen molar-refractivity contribution in [1.29, 1.82) is 0 Å². The Bertz CT molecular complexity index is 1090. The molecule has 0 radical (unpaired) electrons. The summed E-state index contributed by atoms with van der Waals surface area (Å²) in [6.45, 7) is 0. The molecular formula is C21H13N. The smallest absolute Gasteiger partial charge is 0.0708 e. The Morgan fingerprint density at radius 1 is 0.545 bits per heavy atom. The molecule has 0 spiro atoms. The summed E-state index contributed by atoms with van der Waals surface area (Å²) in [5.74, 6) is 0. The van der Waals surface area contributed by atoms with Gasteiger partial charge in [-0.1, -0.05) is 60.7 Å². The highest BCUT2D eigenvalue weighted by molar-refractivity contribution is 6.25. The third-order valence-electron chi connectivity index (χ3n) is 4.47. The van der Waals surface area contributed by atoms with Gasteiger partial charge in [-0.15, -0.1) is 0 Å². The minimum atomic E-state index is 1.03. The molecule has 1 heterocycles. The summed E-state index contributed by atoms with van der Waals surface area (Å²) < 4.78 is 0. The predicted molar refractivity (Wildman–Crippen MR) is 93.4 cm³/mol. The van der Waals surface area contributed by atoms with E-state index in [1.54, 1.807) is 0 Å². The Morgan fingerprint density at radius 3 is 2.05 bits per heavy atom. The van der Waals surface area contributed by atoms with E-state index in [2.05, 4.69) is 65.6 Å². The fraction of sp³-hybridized carbons (Fsp3) is 0. The van der Waals surface area contributed by atoms with E-state index in [0.29, 0.717) is 0 Å². The van der Waals surface area contributed by atoms with Gasteiger partial charge in [0.1, 0.15) is 0 Å². The molecule has 0 aliphatic heterocycles. The molecule has 0 bridgehead atoms. The van der Waals surface area contributed by atoms with Gasteiger partial charge in [0.05, 0.1) is 5.69 Å². The van der Waals surface area contributed by atoms with Crippen LogP contribution in [0, 0.1) is 0 Å². The van der Waals surface area contributed by atoms with Gasteiger partial charge in [0.15, 0.2) is 0 Å². The van der Waals surface area contributed by atoms with Crippen molar-refractivity contribution in [2.24, 2.45) is 0 Å². The quantitative estimate of drug-likeness (QED) is 0.361. The van der Waals surface area contributed by atoms with E-state index < -0.39 is 0 Å². The highest BCUT2D eigenvalue weighted by atomic mass is 14.7.